The fourth-order valence-electron chi connectivity index (χ4n) is 1.41. The zero-order valence-corrected chi connectivity index (χ0v) is 8.80. The standard InChI is InChI=1S/C11H16FNO/c1-7(13)4-9-5-10(12)8(2)11(6-9)14-3/h5-7H,4,13H2,1-3H3. The molecule has 0 heterocycles. The summed E-state index contributed by atoms with van der Waals surface area (Å²) < 4.78 is 18.4. The number of hydrogen-bond donors (Lipinski definition) is 1. The van der Waals surface area contributed by atoms with Crippen LogP contribution in [0.15, 0.2) is 12.1 Å². The maximum absolute atomic E-state index is 13.4. The molecule has 1 aromatic carbocycles. The molecule has 0 fully saturated rings. The van der Waals surface area contributed by atoms with Gasteiger partial charge in [-0.15, -0.1) is 0 Å². The van der Waals surface area contributed by atoms with Crippen LogP contribution >= 0.6 is 0 Å². The molecule has 1 unspecified atom stereocenters. The Bertz CT molecular complexity index is 323. The van der Waals surface area contributed by atoms with Gasteiger partial charge >= 0.3 is 0 Å². The van der Waals surface area contributed by atoms with E-state index in [2.05, 4.69) is 0 Å². The summed E-state index contributed by atoms with van der Waals surface area (Å²) >= 11 is 0. The minimum Gasteiger partial charge on any atom is -0.496 e. The number of halogens is 1. The maximum atomic E-state index is 13.4. The van der Waals surface area contributed by atoms with Gasteiger partial charge < -0.3 is 10.5 Å². The average Bonchev–Trinajstić information content (AvgIpc) is 2.10. The SMILES string of the molecule is COc1cc(CC(C)N)cc(F)c1C. The Balaban J connectivity index is 3.03. The van der Waals surface area contributed by atoms with E-state index in [0.717, 1.165) is 5.56 Å². The zero-order valence-electron chi connectivity index (χ0n) is 8.80. The molecular weight excluding hydrogens is 181 g/mol. The molecule has 1 rings (SSSR count). The highest BCUT2D eigenvalue weighted by atomic mass is 19.1. The molecule has 3 heteroatoms. The predicted octanol–water partition coefficient (Wildman–Crippen LogP) is 2.03. The molecule has 0 aliphatic rings. The molecule has 14 heavy (non-hydrogen) atoms. The van der Waals surface area contributed by atoms with Crippen LogP contribution in [0.5, 0.6) is 5.75 Å². The van der Waals surface area contributed by atoms with Crippen molar-refractivity contribution in [2.45, 2.75) is 26.3 Å². The summed E-state index contributed by atoms with van der Waals surface area (Å²) in [6, 6.07) is 3.38. The molecule has 0 radical (unpaired) electrons. The number of nitrogens with two attached hydrogens (primary N) is 1. The van der Waals surface area contributed by atoms with Crippen LogP contribution in [0, 0.1) is 12.7 Å². The van der Waals surface area contributed by atoms with E-state index in [1.807, 2.05) is 13.0 Å². The first-order valence-electron chi connectivity index (χ1n) is 4.63. The van der Waals surface area contributed by atoms with Gasteiger partial charge in [0.05, 0.1) is 7.11 Å². The topological polar surface area (TPSA) is 35.2 Å². The summed E-state index contributed by atoms with van der Waals surface area (Å²) in [4.78, 5) is 0. The summed E-state index contributed by atoms with van der Waals surface area (Å²) in [7, 11) is 1.54. The van der Waals surface area contributed by atoms with Crippen molar-refractivity contribution in [3.05, 3.63) is 29.1 Å². The van der Waals surface area contributed by atoms with Crippen molar-refractivity contribution < 1.29 is 9.13 Å². The number of methoxy groups -OCH3 is 1. The van der Waals surface area contributed by atoms with E-state index >= 15 is 0 Å². The van der Waals surface area contributed by atoms with Crippen molar-refractivity contribution >= 4 is 0 Å². The van der Waals surface area contributed by atoms with Crippen molar-refractivity contribution in [2.24, 2.45) is 5.73 Å². The van der Waals surface area contributed by atoms with Crippen LogP contribution in [0.25, 0.3) is 0 Å². The number of rotatable bonds is 3. The lowest BCUT2D eigenvalue weighted by atomic mass is 10.0. The molecule has 2 nitrogen and oxygen atoms in total. The highest BCUT2D eigenvalue weighted by molar-refractivity contribution is 5.38. The Hall–Kier alpha value is -1.09. The van der Waals surface area contributed by atoms with Gasteiger partial charge in [-0.1, -0.05) is 0 Å². The van der Waals surface area contributed by atoms with Gasteiger partial charge in [0.15, 0.2) is 0 Å². The molecule has 0 amide bonds. The molecule has 0 bridgehead atoms. The largest absolute Gasteiger partial charge is 0.496 e. The molecule has 0 aromatic heterocycles. The normalized spacial score (nSPS) is 12.6. The molecule has 2 N–H and O–H groups in total. The Morgan fingerprint density at radius 3 is 2.64 bits per heavy atom. The van der Waals surface area contributed by atoms with Crippen LogP contribution in [-0.4, -0.2) is 13.2 Å². The number of hydrogen-bond acceptors (Lipinski definition) is 2. The smallest absolute Gasteiger partial charge is 0.130 e. The zero-order chi connectivity index (χ0) is 10.7. The summed E-state index contributed by atoms with van der Waals surface area (Å²) in [6.07, 6.45) is 0.660. The van der Waals surface area contributed by atoms with Gasteiger partial charge in [-0.05, 0) is 38.0 Å². The second-order valence-electron chi connectivity index (χ2n) is 3.59. The Kier molecular flexibility index (Phi) is 3.47. The molecular formula is C11H16FNO. The van der Waals surface area contributed by atoms with Crippen LogP contribution in [-0.2, 0) is 6.42 Å². The Labute approximate surface area is 83.9 Å². The van der Waals surface area contributed by atoms with Crippen molar-refractivity contribution in [1.29, 1.82) is 0 Å². The van der Waals surface area contributed by atoms with Gasteiger partial charge in [-0.3, -0.25) is 0 Å². The minimum atomic E-state index is -0.236. The van der Waals surface area contributed by atoms with E-state index in [1.165, 1.54) is 13.2 Å². The van der Waals surface area contributed by atoms with Gasteiger partial charge in [-0.25, -0.2) is 4.39 Å². The van der Waals surface area contributed by atoms with Gasteiger partial charge in [0.2, 0.25) is 0 Å². The van der Waals surface area contributed by atoms with E-state index in [9.17, 15) is 4.39 Å². The summed E-state index contributed by atoms with van der Waals surface area (Å²) in [5.74, 6) is 0.348. The lowest BCUT2D eigenvalue weighted by molar-refractivity contribution is 0.406. The van der Waals surface area contributed by atoms with Crippen molar-refractivity contribution in [3.8, 4) is 5.75 Å². The fourth-order valence-corrected chi connectivity index (χ4v) is 1.41. The predicted molar refractivity (Wildman–Crippen MR) is 55.0 cm³/mol. The fraction of sp³-hybridized carbons (Fsp3) is 0.455. The third-order valence-electron chi connectivity index (χ3n) is 2.13. The van der Waals surface area contributed by atoms with Crippen LogP contribution in [0.1, 0.15) is 18.1 Å². The second-order valence-corrected chi connectivity index (χ2v) is 3.59. The molecule has 0 aliphatic carbocycles. The Morgan fingerprint density at radius 1 is 1.50 bits per heavy atom. The molecule has 0 spiro atoms. The number of ether oxygens (including phenoxy) is 1. The van der Waals surface area contributed by atoms with Crippen LogP contribution in [0.4, 0.5) is 4.39 Å². The van der Waals surface area contributed by atoms with Crippen molar-refractivity contribution in [2.75, 3.05) is 7.11 Å². The maximum Gasteiger partial charge on any atom is 0.130 e. The van der Waals surface area contributed by atoms with Crippen molar-refractivity contribution in [3.63, 3.8) is 0 Å². The van der Waals surface area contributed by atoms with E-state index in [-0.39, 0.29) is 11.9 Å². The highest BCUT2D eigenvalue weighted by Gasteiger charge is 2.08. The highest BCUT2D eigenvalue weighted by Crippen LogP contribution is 2.23. The molecule has 0 aliphatic heterocycles. The molecule has 1 atom stereocenters. The molecule has 78 valence electrons. The first kappa shape index (κ1) is 11.0. The molecule has 0 saturated heterocycles. The Morgan fingerprint density at radius 2 is 2.14 bits per heavy atom. The third-order valence-corrected chi connectivity index (χ3v) is 2.13. The van der Waals surface area contributed by atoms with Gasteiger partial charge in [0.25, 0.3) is 0 Å². The quantitative estimate of drug-likeness (QED) is 0.804. The average molecular weight is 197 g/mol. The molecule has 1 aromatic rings. The van der Waals surface area contributed by atoms with E-state index in [1.54, 1.807) is 6.92 Å². The summed E-state index contributed by atoms with van der Waals surface area (Å²) in [5.41, 5.74) is 7.06. The summed E-state index contributed by atoms with van der Waals surface area (Å²) in [5, 5.41) is 0. The lowest BCUT2D eigenvalue weighted by Gasteiger charge is -2.10. The third kappa shape index (κ3) is 2.45. The second kappa shape index (κ2) is 4.42. The van der Waals surface area contributed by atoms with Crippen LogP contribution in [0.2, 0.25) is 0 Å². The van der Waals surface area contributed by atoms with E-state index in [4.69, 9.17) is 10.5 Å². The number of benzene rings is 1. The van der Waals surface area contributed by atoms with Crippen molar-refractivity contribution in [1.82, 2.24) is 0 Å². The van der Waals surface area contributed by atoms with Gasteiger partial charge in [0.1, 0.15) is 11.6 Å². The molecule has 0 saturated carbocycles. The monoisotopic (exact) mass is 197 g/mol. The van der Waals surface area contributed by atoms with E-state index < -0.39 is 0 Å². The first-order valence-corrected chi connectivity index (χ1v) is 4.63. The van der Waals surface area contributed by atoms with Crippen LogP contribution < -0.4 is 10.5 Å². The van der Waals surface area contributed by atoms with E-state index in [0.29, 0.717) is 17.7 Å². The lowest BCUT2D eigenvalue weighted by Crippen LogP contribution is -2.18. The van der Waals surface area contributed by atoms with Crippen LogP contribution in [0.3, 0.4) is 0 Å². The van der Waals surface area contributed by atoms with Gasteiger partial charge in [0, 0.05) is 11.6 Å². The van der Waals surface area contributed by atoms with Gasteiger partial charge in [-0.2, -0.15) is 0 Å². The summed E-state index contributed by atoms with van der Waals surface area (Å²) in [6.45, 7) is 3.59. The first-order chi connectivity index (χ1) is 6.54. The minimum absolute atomic E-state index is 0.0295.